The summed E-state index contributed by atoms with van der Waals surface area (Å²) in [5, 5.41) is 10.4. The van der Waals surface area contributed by atoms with Crippen LogP contribution in [-0.2, 0) is 0 Å². The summed E-state index contributed by atoms with van der Waals surface area (Å²) in [5.74, 6) is 6.69. The maximum absolute atomic E-state index is 8.96. The third kappa shape index (κ3) is 2.17. The van der Waals surface area contributed by atoms with E-state index in [0.29, 0.717) is 18.3 Å². The number of hydrazine groups is 1. The Hall–Kier alpha value is -1.16. The number of nitrogens with zero attached hydrogens (tertiary/aromatic N) is 1. The van der Waals surface area contributed by atoms with Gasteiger partial charge < -0.3 is 9.52 Å². The number of rotatable bonds is 3. The minimum atomic E-state index is 0.101. The van der Waals surface area contributed by atoms with Crippen LogP contribution in [0.15, 0.2) is 16.7 Å². The van der Waals surface area contributed by atoms with Crippen LogP contribution in [0.25, 0.3) is 0 Å². The van der Waals surface area contributed by atoms with Crippen molar-refractivity contribution in [2.75, 3.05) is 11.6 Å². The molecule has 0 aromatic carbocycles. The van der Waals surface area contributed by atoms with E-state index >= 15 is 0 Å². The molecule has 1 aromatic rings. The molecule has 4 heteroatoms. The standard InChI is InChI=1S/C8H14N2O2/c1-6(2)4-10(9)8-3-7(11)5-12-8/h3,5-6,11H,4,9H2,1-2H3. The van der Waals surface area contributed by atoms with Crippen LogP contribution in [0.1, 0.15) is 13.8 Å². The van der Waals surface area contributed by atoms with Crippen molar-refractivity contribution >= 4 is 5.88 Å². The highest BCUT2D eigenvalue weighted by Crippen LogP contribution is 2.20. The van der Waals surface area contributed by atoms with Crippen molar-refractivity contribution in [2.24, 2.45) is 11.8 Å². The molecule has 1 heterocycles. The maximum Gasteiger partial charge on any atom is 0.213 e. The molecule has 0 saturated carbocycles. The van der Waals surface area contributed by atoms with E-state index in [0.717, 1.165) is 0 Å². The fraction of sp³-hybridized carbons (Fsp3) is 0.500. The summed E-state index contributed by atoms with van der Waals surface area (Å²) in [5.41, 5.74) is 0. The van der Waals surface area contributed by atoms with E-state index in [1.807, 2.05) is 0 Å². The molecule has 0 fully saturated rings. The molecular formula is C8H14N2O2. The van der Waals surface area contributed by atoms with Crippen LogP contribution >= 0.6 is 0 Å². The average Bonchev–Trinajstić information content (AvgIpc) is 2.34. The van der Waals surface area contributed by atoms with Gasteiger partial charge in [-0.05, 0) is 5.92 Å². The summed E-state index contributed by atoms with van der Waals surface area (Å²) in [4.78, 5) is 0. The summed E-state index contributed by atoms with van der Waals surface area (Å²) in [6.45, 7) is 4.82. The van der Waals surface area contributed by atoms with Gasteiger partial charge in [0.25, 0.3) is 0 Å². The van der Waals surface area contributed by atoms with Gasteiger partial charge in [0.1, 0.15) is 6.26 Å². The molecular weight excluding hydrogens is 156 g/mol. The van der Waals surface area contributed by atoms with Gasteiger partial charge in [0, 0.05) is 12.6 Å². The van der Waals surface area contributed by atoms with Crippen LogP contribution in [0, 0.1) is 5.92 Å². The van der Waals surface area contributed by atoms with Crippen molar-refractivity contribution < 1.29 is 9.52 Å². The topological polar surface area (TPSA) is 62.6 Å². The van der Waals surface area contributed by atoms with E-state index in [1.54, 1.807) is 0 Å². The Bertz CT molecular complexity index is 245. The lowest BCUT2D eigenvalue weighted by atomic mass is 10.2. The first-order valence-corrected chi connectivity index (χ1v) is 3.89. The van der Waals surface area contributed by atoms with E-state index in [1.165, 1.54) is 17.3 Å². The number of aromatic hydroxyl groups is 1. The van der Waals surface area contributed by atoms with Crippen molar-refractivity contribution in [1.29, 1.82) is 0 Å². The van der Waals surface area contributed by atoms with E-state index in [-0.39, 0.29) is 5.75 Å². The summed E-state index contributed by atoms with van der Waals surface area (Å²) >= 11 is 0. The average molecular weight is 170 g/mol. The summed E-state index contributed by atoms with van der Waals surface area (Å²) in [6.07, 6.45) is 1.26. The third-order valence-corrected chi connectivity index (χ3v) is 1.42. The van der Waals surface area contributed by atoms with Crippen molar-refractivity contribution in [1.82, 2.24) is 0 Å². The Morgan fingerprint density at radius 2 is 2.33 bits per heavy atom. The minimum Gasteiger partial charge on any atom is -0.505 e. The highest BCUT2D eigenvalue weighted by atomic mass is 16.4. The first kappa shape index (κ1) is 8.93. The first-order chi connectivity index (χ1) is 5.59. The molecule has 0 aliphatic carbocycles. The molecule has 0 atom stereocenters. The number of nitrogens with two attached hydrogens (primary N) is 1. The predicted molar refractivity (Wildman–Crippen MR) is 46.7 cm³/mol. The molecule has 4 nitrogen and oxygen atoms in total. The van der Waals surface area contributed by atoms with Gasteiger partial charge in [0.15, 0.2) is 5.75 Å². The molecule has 12 heavy (non-hydrogen) atoms. The smallest absolute Gasteiger partial charge is 0.213 e. The van der Waals surface area contributed by atoms with E-state index in [9.17, 15) is 0 Å². The summed E-state index contributed by atoms with van der Waals surface area (Å²) in [6, 6.07) is 1.49. The second-order valence-corrected chi connectivity index (χ2v) is 3.19. The zero-order chi connectivity index (χ0) is 9.14. The molecule has 0 aliphatic rings. The lowest BCUT2D eigenvalue weighted by Crippen LogP contribution is -2.33. The van der Waals surface area contributed by atoms with Gasteiger partial charge in [0.2, 0.25) is 5.88 Å². The molecule has 0 saturated heterocycles. The highest BCUT2D eigenvalue weighted by molar-refractivity contribution is 5.38. The van der Waals surface area contributed by atoms with Gasteiger partial charge in [0.05, 0.1) is 0 Å². The number of hydrogen-bond donors (Lipinski definition) is 2. The molecule has 0 amide bonds. The van der Waals surface area contributed by atoms with Crippen molar-refractivity contribution in [3.8, 4) is 5.75 Å². The summed E-state index contributed by atoms with van der Waals surface area (Å²) in [7, 11) is 0. The van der Waals surface area contributed by atoms with Crippen LogP contribution < -0.4 is 10.9 Å². The van der Waals surface area contributed by atoms with E-state index in [4.69, 9.17) is 15.4 Å². The van der Waals surface area contributed by atoms with Gasteiger partial charge in [-0.25, -0.2) is 5.84 Å². The summed E-state index contributed by atoms with van der Waals surface area (Å²) < 4.78 is 4.98. The monoisotopic (exact) mass is 170 g/mol. The molecule has 3 N–H and O–H groups in total. The van der Waals surface area contributed by atoms with Gasteiger partial charge in [-0.3, -0.25) is 5.01 Å². The van der Waals surface area contributed by atoms with Crippen LogP contribution in [0.5, 0.6) is 5.75 Å². The number of hydrogen-bond acceptors (Lipinski definition) is 4. The second-order valence-electron chi connectivity index (χ2n) is 3.19. The normalized spacial score (nSPS) is 10.7. The Morgan fingerprint density at radius 3 is 2.75 bits per heavy atom. The molecule has 1 rings (SSSR count). The minimum absolute atomic E-state index is 0.101. The van der Waals surface area contributed by atoms with E-state index < -0.39 is 0 Å². The van der Waals surface area contributed by atoms with Crippen molar-refractivity contribution in [3.05, 3.63) is 12.3 Å². The molecule has 0 radical (unpaired) electrons. The predicted octanol–water partition coefficient (Wildman–Crippen LogP) is 1.32. The first-order valence-electron chi connectivity index (χ1n) is 3.89. The van der Waals surface area contributed by atoms with Crippen LogP contribution in [-0.4, -0.2) is 11.7 Å². The maximum atomic E-state index is 8.96. The Morgan fingerprint density at radius 1 is 1.67 bits per heavy atom. The third-order valence-electron chi connectivity index (χ3n) is 1.42. The Kier molecular flexibility index (Phi) is 2.60. The van der Waals surface area contributed by atoms with Crippen molar-refractivity contribution in [2.45, 2.75) is 13.8 Å². The van der Waals surface area contributed by atoms with Gasteiger partial charge in [-0.15, -0.1) is 0 Å². The number of anilines is 1. The lowest BCUT2D eigenvalue weighted by Gasteiger charge is -2.16. The fourth-order valence-electron chi connectivity index (χ4n) is 0.949. The molecule has 0 unspecified atom stereocenters. The van der Waals surface area contributed by atoms with Crippen molar-refractivity contribution in [3.63, 3.8) is 0 Å². The van der Waals surface area contributed by atoms with E-state index in [2.05, 4.69) is 13.8 Å². The molecule has 0 aliphatic heterocycles. The molecule has 0 spiro atoms. The Labute approximate surface area is 71.5 Å². The van der Waals surface area contributed by atoms with Gasteiger partial charge >= 0.3 is 0 Å². The van der Waals surface area contributed by atoms with Crippen LogP contribution in [0.2, 0.25) is 0 Å². The number of furan rings is 1. The van der Waals surface area contributed by atoms with Gasteiger partial charge in [-0.1, -0.05) is 13.8 Å². The molecule has 68 valence electrons. The molecule has 0 bridgehead atoms. The fourth-order valence-corrected chi connectivity index (χ4v) is 0.949. The SMILES string of the molecule is CC(C)CN(N)c1cc(O)co1. The largest absolute Gasteiger partial charge is 0.505 e. The Balaban J connectivity index is 2.58. The van der Waals surface area contributed by atoms with Crippen LogP contribution in [0.4, 0.5) is 5.88 Å². The van der Waals surface area contributed by atoms with Gasteiger partial charge in [-0.2, -0.15) is 0 Å². The van der Waals surface area contributed by atoms with Crippen LogP contribution in [0.3, 0.4) is 0 Å². The molecule has 1 aromatic heterocycles. The highest BCUT2D eigenvalue weighted by Gasteiger charge is 2.07. The zero-order valence-corrected chi connectivity index (χ0v) is 7.32. The quantitative estimate of drug-likeness (QED) is 0.530. The second kappa shape index (κ2) is 3.49. The lowest BCUT2D eigenvalue weighted by molar-refractivity contribution is 0.456. The zero-order valence-electron chi connectivity index (χ0n) is 7.32.